The van der Waals surface area contributed by atoms with Gasteiger partial charge in [0.05, 0.1) is 18.4 Å². The zero-order valence-electron chi connectivity index (χ0n) is 8.40. The Bertz CT molecular complexity index is 414. The van der Waals surface area contributed by atoms with Crippen molar-refractivity contribution in [3.8, 4) is 0 Å². The number of esters is 1. The number of benzene rings is 1. The summed E-state index contributed by atoms with van der Waals surface area (Å²) in [5.41, 5.74) is 1.08. The van der Waals surface area contributed by atoms with Crippen LogP contribution in [0.1, 0.15) is 16.8 Å². The fourth-order valence-corrected chi connectivity index (χ4v) is 1.56. The minimum absolute atomic E-state index is 0.0475. The Morgan fingerprint density at radius 1 is 1.40 bits per heavy atom. The Kier molecular flexibility index (Phi) is 2.41. The van der Waals surface area contributed by atoms with Crippen molar-refractivity contribution >= 4 is 17.6 Å². The molecule has 0 saturated carbocycles. The molecule has 4 heteroatoms. The summed E-state index contributed by atoms with van der Waals surface area (Å²) in [5, 5.41) is 0. The molecule has 0 bridgehead atoms. The molecule has 1 heterocycles. The van der Waals surface area contributed by atoms with Gasteiger partial charge in [0.2, 0.25) is 5.91 Å². The van der Waals surface area contributed by atoms with Crippen LogP contribution in [0.5, 0.6) is 0 Å². The van der Waals surface area contributed by atoms with Crippen LogP contribution in [-0.2, 0) is 9.53 Å². The monoisotopic (exact) mass is 205 g/mol. The molecule has 1 aliphatic heterocycles. The quantitative estimate of drug-likeness (QED) is 0.538. The standard InChI is InChI=1S/C11H11NO3/c1-15-11(14)8-4-2-3-5-9(8)12-7-6-10(12)13/h2-5H,6-7H2,1H3. The third kappa shape index (κ3) is 1.58. The van der Waals surface area contributed by atoms with Gasteiger partial charge in [-0.2, -0.15) is 0 Å². The van der Waals surface area contributed by atoms with E-state index < -0.39 is 5.97 Å². The fraction of sp³-hybridized carbons (Fsp3) is 0.273. The summed E-state index contributed by atoms with van der Waals surface area (Å²) < 4.78 is 4.65. The van der Waals surface area contributed by atoms with Gasteiger partial charge in [-0.25, -0.2) is 4.79 Å². The summed E-state index contributed by atoms with van der Waals surface area (Å²) in [5.74, 6) is -0.364. The van der Waals surface area contributed by atoms with E-state index in [9.17, 15) is 9.59 Å². The summed E-state index contributed by atoms with van der Waals surface area (Å²) in [6.07, 6.45) is 0.551. The minimum Gasteiger partial charge on any atom is -0.465 e. The summed E-state index contributed by atoms with van der Waals surface area (Å²) in [6, 6.07) is 6.96. The van der Waals surface area contributed by atoms with Crippen molar-refractivity contribution < 1.29 is 14.3 Å². The molecular weight excluding hydrogens is 194 g/mol. The Morgan fingerprint density at radius 3 is 2.67 bits per heavy atom. The van der Waals surface area contributed by atoms with Crippen molar-refractivity contribution in [3.05, 3.63) is 29.8 Å². The van der Waals surface area contributed by atoms with E-state index in [0.29, 0.717) is 24.2 Å². The third-order valence-corrected chi connectivity index (χ3v) is 2.45. The topological polar surface area (TPSA) is 46.6 Å². The summed E-state index contributed by atoms with van der Waals surface area (Å²) in [4.78, 5) is 24.3. The Morgan fingerprint density at radius 2 is 2.13 bits per heavy atom. The first-order chi connectivity index (χ1) is 7.24. The molecule has 0 spiro atoms. The maximum Gasteiger partial charge on any atom is 0.339 e. The zero-order chi connectivity index (χ0) is 10.8. The second-order valence-corrected chi connectivity index (χ2v) is 3.30. The number of carbonyl (C=O) groups is 2. The van der Waals surface area contributed by atoms with Gasteiger partial charge in [-0.15, -0.1) is 0 Å². The molecule has 1 aromatic carbocycles. The van der Waals surface area contributed by atoms with Crippen molar-refractivity contribution in [2.45, 2.75) is 6.42 Å². The predicted molar refractivity (Wildman–Crippen MR) is 54.8 cm³/mol. The van der Waals surface area contributed by atoms with Crippen LogP contribution in [-0.4, -0.2) is 25.5 Å². The van der Waals surface area contributed by atoms with Crippen molar-refractivity contribution in [2.75, 3.05) is 18.6 Å². The molecule has 2 rings (SSSR count). The lowest BCUT2D eigenvalue weighted by Crippen LogP contribution is -2.44. The van der Waals surface area contributed by atoms with Crippen molar-refractivity contribution in [1.29, 1.82) is 0 Å². The third-order valence-electron chi connectivity index (χ3n) is 2.45. The summed E-state index contributed by atoms with van der Waals surface area (Å²) in [6.45, 7) is 0.673. The number of rotatable bonds is 2. The molecule has 0 aromatic heterocycles. The van der Waals surface area contributed by atoms with E-state index in [1.54, 1.807) is 29.2 Å². The van der Waals surface area contributed by atoms with Crippen LogP contribution >= 0.6 is 0 Å². The maximum absolute atomic E-state index is 11.4. The average molecular weight is 205 g/mol. The highest BCUT2D eigenvalue weighted by atomic mass is 16.5. The van der Waals surface area contributed by atoms with Gasteiger partial charge in [-0.1, -0.05) is 12.1 Å². The summed E-state index contributed by atoms with van der Waals surface area (Å²) >= 11 is 0. The number of anilines is 1. The molecule has 0 atom stereocenters. The van der Waals surface area contributed by atoms with Gasteiger partial charge >= 0.3 is 5.97 Å². The Balaban J connectivity index is 2.37. The Labute approximate surface area is 87.4 Å². The normalized spacial score (nSPS) is 14.7. The van der Waals surface area contributed by atoms with Crippen LogP contribution in [0.25, 0.3) is 0 Å². The van der Waals surface area contributed by atoms with Gasteiger partial charge in [0, 0.05) is 13.0 Å². The average Bonchev–Trinajstić information content (AvgIpc) is 2.27. The Hall–Kier alpha value is -1.84. The van der Waals surface area contributed by atoms with Crippen molar-refractivity contribution in [1.82, 2.24) is 0 Å². The molecule has 1 amide bonds. The number of β-lactam (4-membered cyclic amide) rings is 1. The minimum atomic E-state index is -0.412. The highest BCUT2D eigenvalue weighted by molar-refractivity contribution is 6.05. The van der Waals surface area contributed by atoms with E-state index >= 15 is 0 Å². The van der Waals surface area contributed by atoms with Crippen LogP contribution in [0.2, 0.25) is 0 Å². The van der Waals surface area contributed by atoms with Gasteiger partial charge < -0.3 is 9.64 Å². The highest BCUT2D eigenvalue weighted by Crippen LogP contribution is 2.26. The van der Waals surface area contributed by atoms with E-state index in [1.807, 2.05) is 0 Å². The number of para-hydroxylation sites is 1. The molecule has 1 fully saturated rings. The zero-order valence-corrected chi connectivity index (χ0v) is 8.40. The first-order valence-corrected chi connectivity index (χ1v) is 4.71. The molecule has 78 valence electrons. The molecule has 0 aliphatic carbocycles. The van der Waals surface area contributed by atoms with Gasteiger partial charge in [0.1, 0.15) is 0 Å². The maximum atomic E-state index is 11.4. The molecule has 0 unspecified atom stereocenters. The molecular formula is C11H11NO3. The van der Waals surface area contributed by atoms with Crippen molar-refractivity contribution in [3.63, 3.8) is 0 Å². The van der Waals surface area contributed by atoms with Crippen LogP contribution < -0.4 is 4.90 Å². The molecule has 4 nitrogen and oxygen atoms in total. The van der Waals surface area contributed by atoms with Crippen LogP contribution in [0, 0.1) is 0 Å². The highest BCUT2D eigenvalue weighted by Gasteiger charge is 2.28. The summed E-state index contributed by atoms with van der Waals surface area (Å²) in [7, 11) is 1.33. The molecule has 0 N–H and O–H groups in total. The molecule has 0 radical (unpaired) electrons. The van der Waals surface area contributed by atoms with Gasteiger partial charge in [0.25, 0.3) is 0 Å². The lowest BCUT2D eigenvalue weighted by Gasteiger charge is -2.31. The number of hydrogen-bond acceptors (Lipinski definition) is 3. The lowest BCUT2D eigenvalue weighted by atomic mass is 10.1. The second-order valence-electron chi connectivity index (χ2n) is 3.30. The predicted octanol–water partition coefficient (Wildman–Crippen LogP) is 1.21. The first kappa shape index (κ1) is 9.71. The van der Waals surface area contributed by atoms with E-state index in [-0.39, 0.29) is 5.91 Å². The van der Waals surface area contributed by atoms with Crippen molar-refractivity contribution in [2.24, 2.45) is 0 Å². The number of methoxy groups -OCH3 is 1. The molecule has 1 saturated heterocycles. The van der Waals surface area contributed by atoms with Crippen LogP contribution in [0.4, 0.5) is 5.69 Å². The number of hydrogen-bond donors (Lipinski definition) is 0. The number of amides is 1. The number of nitrogens with zero attached hydrogens (tertiary/aromatic N) is 1. The molecule has 15 heavy (non-hydrogen) atoms. The molecule has 1 aliphatic rings. The van der Waals surface area contributed by atoms with Gasteiger partial charge in [-0.05, 0) is 12.1 Å². The van der Waals surface area contributed by atoms with E-state index in [4.69, 9.17) is 0 Å². The molecule has 1 aromatic rings. The van der Waals surface area contributed by atoms with E-state index in [0.717, 1.165) is 0 Å². The fourth-order valence-electron chi connectivity index (χ4n) is 1.56. The van der Waals surface area contributed by atoms with E-state index in [2.05, 4.69) is 4.74 Å². The second kappa shape index (κ2) is 3.73. The van der Waals surface area contributed by atoms with Gasteiger partial charge in [-0.3, -0.25) is 4.79 Å². The van der Waals surface area contributed by atoms with Gasteiger partial charge in [0.15, 0.2) is 0 Å². The first-order valence-electron chi connectivity index (χ1n) is 4.71. The number of ether oxygens (including phenoxy) is 1. The largest absolute Gasteiger partial charge is 0.465 e. The van der Waals surface area contributed by atoms with E-state index in [1.165, 1.54) is 7.11 Å². The lowest BCUT2D eigenvalue weighted by molar-refractivity contribution is -0.122. The SMILES string of the molecule is COC(=O)c1ccccc1N1CCC1=O. The van der Waals surface area contributed by atoms with Crippen LogP contribution in [0.15, 0.2) is 24.3 Å². The smallest absolute Gasteiger partial charge is 0.339 e. The number of carbonyl (C=O) groups excluding carboxylic acids is 2. The van der Waals surface area contributed by atoms with Crippen LogP contribution in [0.3, 0.4) is 0 Å².